The van der Waals surface area contributed by atoms with Gasteiger partial charge in [-0.1, -0.05) is 36.8 Å². The molecule has 0 spiro atoms. The Kier molecular flexibility index (Phi) is 4.50. The number of nitrogens with zero attached hydrogens (tertiary/aromatic N) is 1. The summed E-state index contributed by atoms with van der Waals surface area (Å²) in [6.07, 6.45) is 3.06. The van der Waals surface area contributed by atoms with E-state index in [1.165, 1.54) is 21.0 Å². The highest BCUT2D eigenvalue weighted by Crippen LogP contribution is 2.16. The van der Waals surface area contributed by atoms with Crippen LogP contribution in [0.5, 0.6) is 0 Å². The lowest BCUT2D eigenvalue weighted by Gasteiger charge is -2.13. The van der Waals surface area contributed by atoms with Crippen molar-refractivity contribution in [3.05, 3.63) is 51.5 Å². The van der Waals surface area contributed by atoms with Gasteiger partial charge in [-0.25, -0.2) is 4.98 Å². The molecule has 0 bridgehead atoms. The van der Waals surface area contributed by atoms with E-state index in [0.29, 0.717) is 6.04 Å². The van der Waals surface area contributed by atoms with Gasteiger partial charge in [-0.2, -0.15) is 0 Å². The topological polar surface area (TPSA) is 24.9 Å². The average molecular weight is 260 g/mol. The van der Waals surface area contributed by atoms with Gasteiger partial charge in [0.15, 0.2) is 0 Å². The molecule has 1 N–H and O–H groups in total. The molecule has 0 saturated heterocycles. The fourth-order valence-electron chi connectivity index (χ4n) is 1.81. The second-order valence-electron chi connectivity index (χ2n) is 4.59. The Morgan fingerprint density at radius 2 is 2.00 bits per heavy atom. The first-order chi connectivity index (χ1) is 8.69. The van der Waals surface area contributed by atoms with Crippen LogP contribution in [0.2, 0.25) is 0 Å². The molecule has 0 radical (unpaired) electrons. The number of thiazole rings is 1. The highest BCUT2D eigenvalue weighted by atomic mass is 32.1. The summed E-state index contributed by atoms with van der Waals surface area (Å²) in [5.41, 5.74) is 2.63. The predicted molar refractivity (Wildman–Crippen MR) is 77.9 cm³/mol. The highest BCUT2D eigenvalue weighted by Gasteiger charge is 2.06. The van der Waals surface area contributed by atoms with Crippen LogP contribution in [0, 0.1) is 6.92 Å². The predicted octanol–water partition coefficient (Wildman–Crippen LogP) is 3.86. The van der Waals surface area contributed by atoms with Crippen molar-refractivity contribution >= 4 is 11.3 Å². The summed E-state index contributed by atoms with van der Waals surface area (Å²) < 4.78 is 0. The minimum atomic E-state index is 0.361. The second kappa shape index (κ2) is 6.12. The van der Waals surface area contributed by atoms with Gasteiger partial charge in [0.1, 0.15) is 5.01 Å². The lowest BCUT2D eigenvalue weighted by molar-refractivity contribution is 0.573. The minimum Gasteiger partial charge on any atom is -0.304 e. The molecule has 1 unspecified atom stereocenters. The molecule has 2 nitrogen and oxygen atoms in total. The van der Waals surface area contributed by atoms with E-state index in [4.69, 9.17) is 0 Å². The number of nitrogens with one attached hydrogen (secondary N) is 1. The number of rotatable bonds is 5. The van der Waals surface area contributed by atoms with E-state index < -0.39 is 0 Å². The van der Waals surface area contributed by atoms with Crippen molar-refractivity contribution in [2.24, 2.45) is 0 Å². The molecule has 1 aromatic carbocycles. The SMILES string of the molecule is CCc1cnc(CNC(C)c2ccc(C)cc2)s1. The van der Waals surface area contributed by atoms with E-state index in [0.717, 1.165) is 13.0 Å². The first-order valence-electron chi connectivity index (χ1n) is 6.42. The second-order valence-corrected chi connectivity index (χ2v) is 5.79. The van der Waals surface area contributed by atoms with Crippen molar-refractivity contribution in [3.63, 3.8) is 0 Å². The van der Waals surface area contributed by atoms with Crippen molar-refractivity contribution in [3.8, 4) is 0 Å². The summed E-state index contributed by atoms with van der Waals surface area (Å²) in [4.78, 5) is 5.78. The molecule has 96 valence electrons. The van der Waals surface area contributed by atoms with Crippen LogP contribution in [0.4, 0.5) is 0 Å². The number of hydrogen-bond donors (Lipinski definition) is 1. The van der Waals surface area contributed by atoms with Gasteiger partial charge in [-0.3, -0.25) is 0 Å². The zero-order valence-corrected chi connectivity index (χ0v) is 12.1. The van der Waals surface area contributed by atoms with Gasteiger partial charge in [0, 0.05) is 23.7 Å². The summed E-state index contributed by atoms with van der Waals surface area (Å²) in [5, 5.41) is 4.69. The van der Waals surface area contributed by atoms with Crippen molar-refractivity contribution in [2.75, 3.05) is 0 Å². The maximum absolute atomic E-state index is 4.42. The van der Waals surface area contributed by atoms with Crippen molar-refractivity contribution in [1.29, 1.82) is 0 Å². The molecule has 0 aliphatic rings. The molecule has 1 atom stereocenters. The summed E-state index contributed by atoms with van der Waals surface area (Å²) in [7, 11) is 0. The zero-order chi connectivity index (χ0) is 13.0. The lowest BCUT2D eigenvalue weighted by atomic mass is 10.1. The third kappa shape index (κ3) is 3.40. The van der Waals surface area contributed by atoms with Crippen molar-refractivity contribution in [2.45, 2.75) is 39.8 Å². The molecule has 18 heavy (non-hydrogen) atoms. The summed E-state index contributed by atoms with van der Waals surface area (Å²) in [5.74, 6) is 0. The summed E-state index contributed by atoms with van der Waals surface area (Å²) in [6, 6.07) is 9.05. The van der Waals surface area contributed by atoms with Crippen LogP contribution in [-0.4, -0.2) is 4.98 Å². The number of benzene rings is 1. The van der Waals surface area contributed by atoms with Gasteiger partial charge in [0.05, 0.1) is 0 Å². The quantitative estimate of drug-likeness (QED) is 0.883. The fourth-order valence-corrected chi connectivity index (χ4v) is 2.62. The zero-order valence-electron chi connectivity index (χ0n) is 11.2. The first-order valence-corrected chi connectivity index (χ1v) is 7.24. The Morgan fingerprint density at radius 3 is 2.61 bits per heavy atom. The monoisotopic (exact) mass is 260 g/mol. The van der Waals surface area contributed by atoms with Gasteiger partial charge < -0.3 is 5.32 Å². The Morgan fingerprint density at radius 1 is 1.28 bits per heavy atom. The van der Waals surface area contributed by atoms with Crippen LogP contribution in [-0.2, 0) is 13.0 Å². The summed E-state index contributed by atoms with van der Waals surface area (Å²) in [6.45, 7) is 7.32. The molecular formula is C15H20N2S. The van der Waals surface area contributed by atoms with Crippen molar-refractivity contribution in [1.82, 2.24) is 10.3 Å². The van der Waals surface area contributed by atoms with E-state index >= 15 is 0 Å². The van der Waals surface area contributed by atoms with E-state index in [9.17, 15) is 0 Å². The molecule has 3 heteroatoms. The molecular weight excluding hydrogens is 240 g/mol. The van der Waals surface area contributed by atoms with E-state index in [1.807, 2.05) is 6.20 Å². The van der Waals surface area contributed by atoms with E-state index in [-0.39, 0.29) is 0 Å². The molecule has 0 fully saturated rings. The van der Waals surface area contributed by atoms with E-state index in [2.05, 4.69) is 55.3 Å². The summed E-state index contributed by atoms with van der Waals surface area (Å²) >= 11 is 1.80. The third-order valence-electron chi connectivity index (χ3n) is 3.09. The fraction of sp³-hybridized carbons (Fsp3) is 0.400. The molecule has 1 heterocycles. The van der Waals surface area contributed by atoms with Crippen LogP contribution < -0.4 is 5.32 Å². The van der Waals surface area contributed by atoms with E-state index in [1.54, 1.807) is 11.3 Å². The molecule has 0 aliphatic carbocycles. The van der Waals surface area contributed by atoms with Crippen molar-refractivity contribution < 1.29 is 0 Å². The first kappa shape index (κ1) is 13.2. The van der Waals surface area contributed by atoms with Gasteiger partial charge in [0.25, 0.3) is 0 Å². The Bertz CT molecular complexity index is 487. The standard InChI is InChI=1S/C15H20N2S/c1-4-14-9-17-15(18-14)10-16-12(3)13-7-5-11(2)6-8-13/h5-9,12,16H,4,10H2,1-3H3. The molecule has 2 rings (SSSR count). The molecule has 0 amide bonds. The van der Waals surface area contributed by atoms with Crippen LogP contribution in [0.15, 0.2) is 30.5 Å². The average Bonchev–Trinajstić information content (AvgIpc) is 2.85. The van der Waals surface area contributed by atoms with Crippen LogP contribution in [0.25, 0.3) is 0 Å². The minimum absolute atomic E-state index is 0.361. The Hall–Kier alpha value is -1.19. The van der Waals surface area contributed by atoms with Gasteiger partial charge in [-0.05, 0) is 25.8 Å². The van der Waals surface area contributed by atoms with Crippen LogP contribution >= 0.6 is 11.3 Å². The van der Waals surface area contributed by atoms with Gasteiger partial charge >= 0.3 is 0 Å². The maximum atomic E-state index is 4.42. The lowest BCUT2D eigenvalue weighted by Crippen LogP contribution is -2.17. The van der Waals surface area contributed by atoms with Gasteiger partial charge in [-0.15, -0.1) is 11.3 Å². The molecule has 0 aliphatic heterocycles. The number of aromatic nitrogens is 1. The molecule has 0 saturated carbocycles. The number of hydrogen-bond acceptors (Lipinski definition) is 3. The Labute approximate surface area is 113 Å². The Balaban J connectivity index is 1.91. The molecule has 1 aromatic heterocycles. The highest BCUT2D eigenvalue weighted by molar-refractivity contribution is 7.11. The largest absolute Gasteiger partial charge is 0.304 e. The normalized spacial score (nSPS) is 12.6. The van der Waals surface area contributed by atoms with Gasteiger partial charge in [0.2, 0.25) is 0 Å². The molecule has 2 aromatic rings. The van der Waals surface area contributed by atoms with Crippen LogP contribution in [0.1, 0.15) is 40.9 Å². The maximum Gasteiger partial charge on any atom is 0.107 e. The smallest absolute Gasteiger partial charge is 0.107 e. The third-order valence-corrected chi connectivity index (χ3v) is 4.23. The van der Waals surface area contributed by atoms with Crippen LogP contribution in [0.3, 0.4) is 0 Å². The number of aryl methyl sites for hydroxylation is 2.